The van der Waals surface area contributed by atoms with Crippen molar-refractivity contribution in [1.82, 2.24) is 19.9 Å². The van der Waals surface area contributed by atoms with Gasteiger partial charge in [-0.2, -0.15) is 0 Å². The molecule has 5 heteroatoms. The molecule has 0 aliphatic rings. The second-order valence-electron chi connectivity index (χ2n) is 11.9. The van der Waals surface area contributed by atoms with Gasteiger partial charge in [0.2, 0.25) is 0 Å². The SMILES string of the molecule is c1ccc(-c2nc(-c3ccc4c(ccc5c6cnccc6oc45)c3)nc(-c3cc4ccc5ccccc5c4c4ccccc34)n2)cc1. The van der Waals surface area contributed by atoms with Crippen molar-refractivity contribution in [3.05, 3.63) is 146 Å². The van der Waals surface area contributed by atoms with E-state index >= 15 is 0 Å². The molecule has 10 rings (SSSR count). The van der Waals surface area contributed by atoms with Gasteiger partial charge in [-0.05, 0) is 68.0 Å². The third-order valence-electron chi connectivity index (χ3n) is 9.17. The lowest BCUT2D eigenvalue weighted by molar-refractivity contribution is 0.672. The Morgan fingerprint density at radius 1 is 0.426 bits per heavy atom. The van der Waals surface area contributed by atoms with Crippen molar-refractivity contribution in [2.45, 2.75) is 0 Å². The minimum absolute atomic E-state index is 0.618. The predicted molar refractivity (Wildman–Crippen MR) is 191 cm³/mol. The van der Waals surface area contributed by atoms with Gasteiger partial charge in [-0.25, -0.2) is 15.0 Å². The molecule has 3 aromatic heterocycles. The Balaban J connectivity index is 1.22. The van der Waals surface area contributed by atoms with Gasteiger partial charge in [-0.1, -0.05) is 103 Å². The summed E-state index contributed by atoms with van der Waals surface area (Å²) in [6.45, 7) is 0. The molecular weight excluding hydrogens is 576 g/mol. The van der Waals surface area contributed by atoms with Gasteiger partial charge in [0.25, 0.3) is 0 Å². The van der Waals surface area contributed by atoms with Gasteiger partial charge in [0, 0.05) is 45.2 Å². The molecule has 0 aliphatic heterocycles. The largest absolute Gasteiger partial charge is 0.455 e. The summed E-state index contributed by atoms with van der Waals surface area (Å²) in [6, 6.07) is 46.3. The molecule has 10 aromatic rings. The summed E-state index contributed by atoms with van der Waals surface area (Å²) < 4.78 is 6.29. The van der Waals surface area contributed by atoms with Gasteiger partial charge in [-0.3, -0.25) is 4.98 Å². The average Bonchev–Trinajstić information content (AvgIpc) is 3.53. The van der Waals surface area contributed by atoms with Crippen molar-refractivity contribution in [2.75, 3.05) is 0 Å². The van der Waals surface area contributed by atoms with Crippen LogP contribution in [0.3, 0.4) is 0 Å². The van der Waals surface area contributed by atoms with E-state index in [4.69, 9.17) is 19.4 Å². The minimum Gasteiger partial charge on any atom is -0.455 e. The van der Waals surface area contributed by atoms with Crippen LogP contribution in [-0.4, -0.2) is 19.9 Å². The summed E-state index contributed by atoms with van der Waals surface area (Å²) in [6.07, 6.45) is 3.62. The fourth-order valence-corrected chi connectivity index (χ4v) is 6.95. The standard InChI is InChI=1S/C42H24N4O/c1-2-9-26(10-3-1)40-44-41(29-17-18-31-27(22-29)16-19-34-36-24-43-21-20-37(36)47-39(31)34)46-42(45-40)35-23-28-15-14-25-8-4-5-11-30(25)38(28)33-13-7-6-12-32(33)35/h1-24H. The third kappa shape index (κ3) is 4.03. The first-order chi connectivity index (χ1) is 23.3. The summed E-state index contributed by atoms with van der Waals surface area (Å²) in [5.41, 5.74) is 4.51. The van der Waals surface area contributed by atoms with Crippen LogP contribution in [0, 0.1) is 0 Å². The van der Waals surface area contributed by atoms with E-state index in [0.29, 0.717) is 17.5 Å². The maximum absolute atomic E-state index is 6.29. The number of rotatable bonds is 3. The number of benzene rings is 7. The Labute approximate surface area is 268 Å². The van der Waals surface area contributed by atoms with E-state index in [1.54, 1.807) is 6.20 Å². The third-order valence-corrected chi connectivity index (χ3v) is 9.17. The van der Waals surface area contributed by atoms with E-state index < -0.39 is 0 Å². The smallest absolute Gasteiger partial charge is 0.164 e. The zero-order chi connectivity index (χ0) is 30.9. The van der Waals surface area contributed by atoms with Crippen LogP contribution >= 0.6 is 0 Å². The molecule has 0 atom stereocenters. The van der Waals surface area contributed by atoms with Crippen molar-refractivity contribution >= 4 is 65.0 Å². The molecule has 0 saturated heterocycles. The first-order valence-corrected chi connectivity index (χ1v) is 15.6. The number of hydrogen-bond acceptors (Lipinski definition) is 5. The van der Waals surface area contributed by atoms with Gasteiger partial charge in [0.15, 0.2) is 17.5 Å². The lowest BCUT2D eigenvalue weighted by Gasteiger charge is -2.14. The second-order valence-corrected chi connectivity index (χ2v) is 11.9. The van der Waals surface area contributed by atoms with E-state index in [-0.39, 0.29) is 0 Å². The Morgan fingerprint density at radius 2 is 1.13 bits per heavy atom. The Bertz CT molecular complexity index is 2860. The number of furan rings is 1. The van der Waals surface area contributed by atoms with E-state index in [9.17, 15) is 0 Å². The first kappa shape index (κ1) is 25.8. The zero-order valence-corrected chi connectivity index (χ0v) is 25.1. The molecule has 0 fully saturated rings. The van der Waals surface area contributed by atoms with Crippen molar-refractivity contribution in [3.63, 3.8) is 0 Å². The molecule has 0 amide bonds. The van der Waals surface area contributed by atoms with Crippen LogP contribution in [0.5, 0.6) is 0 Å². The predicted octanol–water partition coefficient (Wildman–Crippen LogP) is 10.8. The minimum atomic E-state index is 0.618. The van der Waals surface area contributed by atoms with E-state index in [0.717, 1.165) is 60.2 Å². The fraction of sp³-hybridized carbons (Fsp3) is 0. The van der Waals surface area contributed by atoms with Gasteiger partial charge in [0.05, 0.1) is 0 Å². The van der Waals surface area contributed by atoms with Gasteiger partial charge < -0.3 is 4.42 Å². The van der Waals surface area contributed by atoms with Crippen molar-refractivity contribution in [2.24, 2.45) is 0 Å². The maximum atomic E-state index is 6.29. The number of hydrogen-bond donors (Lipinski definition) is 0. The molecule has 47 heavy (non-hydrogen) atoms. The molecule has 0 bridgehead atoms. The maximum Gasteiger partial charge on any atom is 0.164 e. The zero-order valence-electron chi connectivity index (χ0n) is 25.1. The molecule has 3 heterocycles. The topological polar surface area (TPSA) is 64.7 Å². The van der Waals surface area contributed by atoms with Crippen LogP contribution in [0.1, 0.15) is 0 Å². The molecule has 218 valence electrons. The number of fused-ring (bicyclic) bond motifs is 10. The highest BCUT2D eigenvalue weighted by atomic mass is 16.3. The average molecular weight is 601 g/mol. The Hall–Kier alpha value is -6.46. The molecule has 5 nitrogen and oxygen atoms in total. The highest BCUT2D eigenvalue weighted by molar-refractivity contribution is 6.23. The molecule has 0 N–H and O–H groups in total. The van der Waals surface area contributed by atoms with Gasteiger partial charge in [0.1, 0.15) is 11.2 Å². The van der Waals surface area contributed by atoms with Crippen LogP contribution < -0.4 is 0 Å². The summed E-state index contributed by atoms with van der Waals surface area (Å²) in [4.78, 5) is 19.6. The normalized spacial score (nSPS) is 11.8. The fourth-order valence-electron chi connectivity index (χ4n) is 6.95. The summed E-state index contributed by atoms with van der Waals surface area (Å²) >= 11 is 0. The molecule has 0 radical (unpaired) electrons. The molecular formula is C42H24N4O. The van der Waals surface area contributed by atoms with Crippen LogP contribution in [-0.2, 0) is 0 Å². The molecule has 0 saturated carbocycles. The monoisotopic (exact) mass is 600 g/mol. The van der Waals surface area contributed by atoms with Crippen LogP contribution in [0.4, 0.5) is 0 Å². The van der Waals surface area contributed by atoms with Crippen LogP contribution in [0.25, 0.3) is 99.2 Å². The lowest BCUT2D eigenvalue weighted by Crippen LogP contribution is -2.01. The van der Waals surface area contributed by atoms with E-state index in [1.165, 1.54) is 21.5 Å². The summed E-state index contributed by atoms with van der Waals surface area (Å²) in [5, 5.41) is 11.3. The van der Waals surface area contributed by atoms with Gasteiger partial charge >= 0.3 is 0 Å². The van der Waals surface area contributed by atoms with Crippen LogP contribution in [0.2, 0.25) is 0 Å². The first-order valence-electron chi connectivity index (χ1n) is 15.6. The Kier molecular flexibility index (Phi) is 5.51. The van der Waals surface area contributed by atoms with Gasteiger partial charge in [-0.15, -0.1) is 0 Å². The van der Waals surface area contributed by atoms with Crippen molar-refractivity contribution in [3.8, 4) is 34.2 Å². The van der Waals surface area contributed by atoms with Crippen molar-refractivity contribution in [1.29, 1.82) is 0 Å². The van der Waals surface area contributed by atoms with Crippen molar-refractivity contribution < 1.29 is 4.42 Å². The molecule has 7 aromatic carbocycles. The lowest BCUT2D eigenvalue weighted by atomic mass is 9.93. The summed E-state index contributed by atoms with van der Waals surface area (Å²) in [5.74, 6) is 1.89. The molecule has 0 aliphatic carbocycles. The quantitative estimate of drug-likeness (QED) is 0.189. The van der Waals surface area contributed by atoms with Crippen LogP contribution in [0.15, 0.2) is 150 Å². The molecule has 0 unspecified atom stereocenters. The Morgan fingerprint density at radius 3 is 2.02 bits per heavy atom. The second kappa shape index (κ2) is 10.0. The number of pyridine rings is 1. The number of aromatic nitrogens is 4. The highest BCUT2D eigenvalue weighted by Crippen LogP contribution is 2.39. The molecule has 0 spiro atoms. The van der Waals surface area contributed by atoms with E-state index in [1.807, 2.05) is 42.6 Å². The summed E-state index contributed by atoms with van der Waals surface area (Å²) in [7, 11) is 0. The van der Waals surface area contributed by atoms with E-state index in [2.05, 4.69) is 102 Å². The number of nitrogens with zero attached hydrogens (tertiary/aromatic N) is 4. The highest BCUT2D eigenvalue weighted by Gasteiger charge is 2.18.